The van der Waals surface area contributed by atoms with Crippen molar-refractivity contribution in [1.82, 2.24) is 24.8 Å². The Hall–Kier alpha value is -3.25. The van der Waals surface area contributed by atoms with Gasteiger partial charge in [-0.3, -0.25) is 4.72 Å². The number of para-hydroxylation sites is 1. The molecule has 144 valence electrons. The van der Waals surface area contributed by atoms with E-state index in [0.29, 0.717) is 0 Å². The predicted molar refractivity (Wildman–Crippen MR) is 102 cm³/mol. The Morgan fingerprint density at radius 1 is 1.29 bits per heavy atom. The number of nitrogens with one attached hydrogen (secondary N) is 1. The standard InChI is InChI=1S/C16H14N6O4S2/c1-26-16(23)15-14(6-7-27-15)28(24,25)19-11-8-17-21(9-11)10-22-13-5-3-2-4-12(13)18-20-22/h2-9,19H,10H2,1H3. The van der Waals surface area contributed by atoms with E-state index in [2.05, 4.69) is 24.9 Å². The fourth-order valence-electron chi connectivity index (χ4n) is 2.61. The molecule has 0 radical (unpaired) electrons. The summed E-state index contributed by atoms with van der Waals surface area (Å²) >= 11 is 0.996. The second-order valence-electron chi connectivity index (χ2n) is 5.70. The molecule has 0 aliphatic rings. The van der Waals surface area contributed by atoms with Crippen LogP contribution in [0.15, 0.2) is 53.0 Å². The van der Waals surface area contributed by atoms with Gasteiger partial charge in [0.2, 0.25) is 0 Å². The molecule has 0 amide bonds. The number of aromatic nitrogens is 5. The predicted octanol–water partition coefficient (Wildman–Crippen LogP) is 1.78. The average molecular weight is 418 g/mol. The Labute approximate surface area is 163 Å². The number of esters is 1. The van der Waals surface area contributed by atoms with Crippen LogP contribution < -0.4 is 4.72 Å². The summed E-state index contributed by atoms with van der Waals surface area (Å²) in [6.07, 6.45) is 2.90. The molecule has 0 fully saturated rings. The number of anilines is 1. The average Bonchev–Trinajstić information content (AvgIpc) is 3.42. The van der Waals surface area contributed by atoms with Gasteiger partial charge in [0.1, 0.15) is 22.0 Å². The summed E-state index contributed by atoms with van der Waals surface area (Å²) in [5.74, 6) is -0.705. The number of hydrogen-bond acceptors (Lipinski definition) is 8. The lowest BCUT2D eigenvalue weighted by atomic mass is 10.3. The molecule has 3 aromatic heterocycles. The van der Waals surface area contributed by atoms with E-state index >= 15 is 0 Å². The Morgan fingerprint density at radius 2 is 2.11 bits per heavy atom. The fourth-order valence-corrected chi connectivity index (χ4v) is 4.98. The number of thiophene rings is 1. The molecule has 0 bridgehead atoms. The van der Waals surface area contributed by atoms with E-state index in [1.807, 2.05) is 24.3 Å². The van der Waals surface area contributed by atoms with Crippen molar-refractivity contribution in [2.24, 2.45) is 0 Å². The zero-order valence-corrected chi connectivity index (χ0v) is 16.1. The summed E-state index contributed by atoms with van der Waals surface area (Å²) in [6.45, 7) is 0.258. The highest BCUT2D eigenvalue weighted by Gasteiger charge is 2.25. The Balaban J connectivity index is 1.55. The molecule has 0 aliphatic heterocycles. The molecule has 0 atom stereocenters. The number of nitrogens with zero attached hydrogens (tertiary/aromatic N) is 5. The molecule has 0 unspecified atom stereocenters. The zero-order valence-electron chi connectivity index (χ0n) is 14.5. The number of benzene rings is 1. The van der Waals surface area contributed by atoms with Crippen LogP contribution in [0.5, 0.6) is 0 Å². The quantitative estimate of drug-likeness (QED) is 0.474. The van der Waals surface area contributed by atoms with Crippen molar-refractivity contribution >= 4 is 44.1 Å². The van der Waals surface area contributed by atoms with Crippen LogP contribution in [0, 0.1) is 0 Å². The molecule has 0 saturated heterocycles. The van der Waals surface area contributed by atoms with Gasteiger partial charge in [0.05, 0.1) is 30.7 Å². The largest absolute Gasteiger partial charge is 0.465 e. The van der Waals surface area contributed by atoms with Crippen molar-refractivity contribution in [2.45, 2.75) is 11.6 Å². The Morgan fingerprint density at radius 3 is 2.93 bits per heavy atom. The van der Waals surface area contributed by atoms with E-state index in [1.54, 1.807) is 4.68 Å². The summed E-state index contributed by atoms with van der Waals surface area (Å²) in [4.78, 5) is 11.6. The minimum atomic E-state index is -3.97. The number of ether oxygens (including phenoxy) is 1. The maximum absolute atomic E-state index is 12.6. The van der Waals surface area contributed by atoms with E-state index in [4.69, 9.17) is 0 Å². The smallest absolute Gasteiger partial charge is 0.349 e. The van der Waals surface area contributed by atoms with E-state index in [-0.39, 0.29) is 22.1 Å². The summed E-state index contributed by atoms with van der Waals surface area (Å²) in [7, 11) is -2.77. The Kier molecular flexibility index (Phi) is 4.57. The van der Waals surface area contributed by atoms with Crippen LogP contribution >= 0.6 is 11.3 Å². The van der Waals surface area contributed by atoms with Crippen LogP contribution in [0.3, 0.4) is 0 Å². The number of carbonyl (C=O) groups is 1. The molecule has 0 spiro atoms. The second kappa shape index (κ2) is 7.05. The lowest BCUT2D eigenvalue weighted by Gasteiger charge is -2.06. The third-order valence-electron chi connectivity index (χ3n) is 3.87. The number of sulfonamides is 1. The first-order valence-electron chi connectivity index (χ1n) is 7.97. The molecule has 1 aromatic carbocycles. The molecular weight excluding hydrogens is 404 g/mol. The van der Waals surface area contributed by atoms with Gasteiger partial charge in [0, 0.05) is 0 Å². The highest BCUT2D eigenvalue weighted by molar-refractivity contribution is 7.93. The van der Waals surface area contributed by atoms with Crippen molar-refractivity contribution in [3.8, 4) is 0 Å². The third kappa shape index (κ3) is 3.34. The third-order valence-corrected chi connectivity index (χ3v) is 6.32. The number of carbonyl (C=O) groups excluding carboxylic acids is 1. The number of methoxy groups -OCH3 is 1. The fraction of sp³-hybridized carbons (Fsp3) is 0.125. The van der Waals surface area contributed by atoms with Gasteiger partial charge in [-0.1, -0.05) is 17.3 Å². The highest BCUT2D eigenvalue weighted by atomic mass is 32.2. The normalized spacial score (nSPS) is 11.6. The van der Waals surface area contributed by atoms with Crippen LogP contribution in [-0.4, -0.2) is 46.3 Å². The summed E-state index contributed by atoms with van der Waals surface area (Å²) in [6, 6.07) is 8.83. The summed E-state index contributed by atoms with van der Waals surface area (Å²) in [5, 5.41) is 13.8. The molecule has 10 nitrogen and oxygen atoms in total. The molecule has 1 N–H and O–H groups in total. The van der Waals surface area contributed by atoms with Gasteiger partial charge in [-0.05, 0) is 23.6 Å². The lowest BCUT2D eigenvalue weighted by Crippen LogP contribution is -2.15. The van der Waals surface area contributed by atoms with Gasteiger partial charge in [-0.15, -0.1) is 16.4 Å². The number of rotatable bonds is 6. The van der Waals surface area contributed by atoms with Crippen LogP contribution in [0.1, 0.15) is 9.67 Å². The van der Waals surface area contributed by atoms with Crippen molar-refractivity contribution in [1.29, 1.82) is 0 Å². The van der Waals surface area contributed by atoms with Crippen molar-refractivity contribution in [3.05, 3.63) is 53.0 Å². The maximum Gasteiger partial charge on any atom is 0.349 e. The van der Waals surface area contributed by atoms with Gasteiger partial charge in [0.15, 0.2) is 0 Å². The van der Waals surface area contributed by atoms with E-state index in [1.165, 1.54) is 35.6 Å². The van der Waals surface area contributed by atoms with Gasteiger partial charge < -0.3 is 4.74 Å². The van der Waals surface area contributed by atoms with E-state index < -0.39 is 16.0 Å². The monoisotopic (exact) mass is 418 g/mol. The molecule has 28 heavy (non-hydrogen) atoms. The second-order valence-corrected chi connectivity index (χ2v) is 8.27. The summed E-state index contributed by atoms with van der Waals surface area (Å²) in [5.41, 5.74) is 1.84. The van der Waals surface area contributed by atoms with Gasteiger partial charge >= 0.3 is 5.97 Å². The van der Waals surface area contributed by atoms with Crippen LogP contribution in [0.25, 0.3) is 11.0 Å². The molecule has 4 aromatic rings. The van der Waals surface area contributed by atoms with Crippen molar-refractivity contribution in [2.75, 3.05) is 11.8 Å². The highest BCUT2D eigenvalue weighted by Crippen LogP contribution is 2.25. The minimum Gasteiger partial charge on any atom is -0.465 e. The van der Waals surface area contributed by atoms with E-state index in [9.17, 15) is 13.2 Å². The summed E-state index contributed by atoms with van der Waals surface area (Å²) < 4.78 is 35.5. The first-order valence-corrected chi connectivity index (χ1v) is 10.3. The number of hydrogen-bond donors (Lipinski definition) is 1. The van der Waals surface area contributed by atoms with Crippen LogP contribution in [0.2, 0.25) is 0 Å². The SMILES string of the molecule is COC(=O)c1sccc1S(=O)(=O)Nc1cnn(Cn2nnc3ccccc32)c1. The molecule has 0 saturated carbocycles. The van der Waals surface area contributed by atoms with Crippen molar-refractivity contribution < 1.29 is 17.9 Å². The minimum absolute atomic E-state index is 0.0106. The molecular formula is C16H14N6O4S2. The maximum atomic E-state index is 12.6. The first kappa shape index (κ1) is 18.1. The van der Waals surface area contributed by atoms with Gasteiger partial charge in [-0.25, -0.2) is 22.6 Å². The Bertz CT molecular complexity index is 1260. The van der Waals surface area contributed by atoms with Crippen molar-refractivity contribution in [3.63, 3.8) is 0 Å². The van der Waals surface area contributed by atoms with Gasteiger partial charge in [0.25, 0.3) is 10.0 Å². The lowest BCUT2D eigenvalue weighted by molar-refractivity contribution is 0.0602. The van der Waals surface area contributed by atoms with E-state index in [0.717, 1.165) is 22.4 Å². The molecule has 0 aliphatic carbocycles. The zero-order chi connectivity index (χ0) is 19.7. The topological polar surface area (TPSA) is 121 Å². The first-order chi connectivity index (χ1) is 13.5. The molecule has 3 heterocycles. The molecule has 4 rings (SSSR count). The number of fused-ring (bicyclic) bond motifs is 1. The van der Waals surface area contributed by atoms with Crippen LogP contribution in [-0.2, 0) is 21.4 Å². The van der Waals surface area contributed by atoms with Gasteiger partial charge in [-0.2, -0.15) is 5.10 Å². The molecule has 12 heteroatoms. The van der Waals surface area contributed by atoms with Crippen LogP contribution in [0.4, 0.5) is 5.69 Å².